The Balaban J connectivity index is 1.96. The molecule has 0 radical (unpaired) electrons. The number of aryl methyl sites for hydroxylation is 1. The van der Waals surface area contributed by atoms with Crippen molar-refractivity contribution in [3.8, 4) is 0 Å². The fourth-order valence-corrected chi connectivity index (χ4v) is 4.58. The van der Waals surface area contributed by atoms with Crippen molar-refractivity contribution in [2.45, 2.75) is 51.1 Å². The van der Waals surface area contributed by atoms with E-state index in [1.54, 1.807) is 52.0 Å². The Bertz CT molecular complexity index is 1210. The third-order valence-electron chi connectivity index (χ3n) is 5.18. The number of carbonyl (C=O) groups is 2. The van der Waals surface area contributed by atoms with Crippen LogP contribution in [0.25, 0.3) is 10.9 Å². The molecule has 0 aliphatic rings. The summed E-state index contributed by atoms with van der Waals surface area (Å²) in [4.78, 5) is 46.1. The average molecular weight is 458 g/mol. The normalized spacial score (nSPS) is 12.2. The minimum absolute atomic E-state index is 0.0601. The second-order valence-corrected chi connectivity index (χ2v) is 8.72. The van der Waals surface area contributed by atoms with Gasteiger partial charge in [-0.3, -0.25) is 14.2 Å². The fraction of sp³-hybridized carbons (Fsp3) is 0.391. The summed E-state index contributed by atoms with van der Waals surface area (Å²) in [6.07, 6.45) is 0.396. The van der Waals surface area contributed by atoms with E-state index in [1.165, 1.54) is 16.3 Å². The molecule has 0 saturated heterocycles. The highest BCUT2D eigenvalue weighted by atomic mass is 32.2. The van der Waals surface area contributed by atoms with Crippen LogP contribution in [0.1, 0.15) is 52.4 Å². The molecule has 3 rings (SSSR count). The van der Waals surface area contributed by atoms with Gasteiger partial charge < -0.3 is 14.8 Å². The molecule has 0 spiro atoms. The van der Waals surface area contributed by atoms with Gasteiger partial charge in [0.25, 0.3) is 5.56 Å². The molecule has 1 atom stereocenters. The van der Waals surface area contributed by atoms with Gasteiger partial charge in [-0.15, -0.1) is 0 Å². The molecule has 1 unspecified atom stereocenters. The monoisotopic (exact) mass is 457 g/mol. The zero-order chi connectivity index (χ0) is 23.4. The van der Waals surface area contributed by atoms with Gasteiger partial charge in [-0.25, -0.2) is 9.78 Å². The fourth-order valence-electron chi connectivity index (χ4n) is 3.58. The number of aliphatic hydroxyl groups is 1. The van der Waals surface area contributed by atoms with Crippen molar-refractivity contribution in [1.29, 1.82) is 0 Å². The number of ketones is 1. The number of ether oxygens (including phenoxy) is 1. The van der Waals surface area contributed by atoms with E-state index >= 15 is 0 Å². The van der Waals surface area contributed by atoms with Crippen molar-refractivity contribution in [3.63, 3.8) is 0 Å². The van der Waals surface area contributed by atoms with Crippen LogP contribution in [0.5, 0.6) is 0 Å². The number of aromatic nitrogens is 3. The minimum Gasteiger partial charge on any atom is -0.462 e. The first-order valence-electron chi connectivity index (χ1n) is 10.5. The third kappa shape index (κ3) is 4.63. The van der Waals surface area contributed by atoms with Crippen molar-refractivity contribution >= 4 is 34.4 Å². The Labute approximate surface area is 190 Å². The number of carbonyl (C=O) groups excluding carboxylic acids is 2. The van der Waals surface area contributed by atoms with Gasteiger partial charge in [0.15, 0.2) is 10.9 Å². The highest BCUT2D eigenvalue weighted by Crippen LogP contribution is 2.28. The summed E-state index contributed by atoms with van der Waals surface area (Å²) in [6.45, 7) is 7.39. The Morgan fingerprint density at radius 2 is 2.00 bits per heavy atom. The van der Waals surface area contributed by atoms with Gasteiger partial charge in [-0.2, -0.15) is 0 Å². The summed E-state index contributed by atoms with van der Waals surface area (Å²) in [5.74, 6) is -0.672. The van der Waals surface area contributed by atoms with E-state index in [1.807, 2.05) is 0 Å². The van der Waals surface area contributed by atoms with Crippen LogP contribution in [0.15, 0.2) is 34.2 Å². The maximum Gasteiger partial charge on any atom is 0.340 e. The molecule has 0 fully saturated rings. The van der Waals surface area contributed by atoms with Crippen molar-refractivity contribution < 1.29 is 19.4 Å². The zero-order valence-corrected chi connectivity index (χ0v) is 19.4. The van der Waals surface area contributed by atoms with Crippen LogP contribution in [0, 0.1) is 13.8 Å². The Hall–Kier alpha value is -2.91. The lowest BCUT2D eigenvalue weighted by molar-refractivity contribution is 0.0525. The number of thioether (sulfide) groups is 1. The average Bonchev–Trinajstić information content (AvgIpc) is 3.07. The molecule has 0 saturated carbocycles. The molecule has 1 aromatic carbocycles. The van der Waals surface area contributed by atoms with Gasteiger partial charge >= 0.3 is 5.97 Å². The number of hydrogen-bond acceptors (Lipinski definition) is 7. The molecule has 0 aliphatic carbocycles. The number of esters is 1. The molecule has 9 heteroatoms. The van der Waals surface area contributed by atoms with Crippen LogP contribution >= 0.6 is 11.8 Å². The van der Waals surface area contributed by atoms with Crippen molar-refractivity contribution in [1.82, 2.24) is 14.5 Å². The Morgan fingerprint density at radius 1 is 1.28 bits per heavy atom. The summed E-state index contributed by atoms with van der Waals surface area (Å²) in [5.41, 5.74) is 2.18. The second kappa shape index (κ2) is 10.1. The van der Waals surface area contributed by atoms with Gasteiger partial charge in [0, 0.05) is 18.8 Å². The largest absolute Gasteiger partial charge is 0.462 e. The van der Waals surface area contributed by atoms with Crippen LogP contribution in [0.4, 0.5) is 0 Å². The van der Waals surface area contributed by atoms with Gasteiger partial charge in [0.05, 0.1) is 34.0 Å². The van der Waals surface area contributed by atoms with E-state index in [2.05, 4.69) is 9.97 Å². The van der Waals surface area contributed by atoms with Gasteiger partial charge in [0.1, 0.15) is 0 Å². The third-order valence-corrected chi connectivity index (χ3v) is 6.27. The number of rotatable bonds is 9. The van der Waals surface area contributed by atoms with Gasteiger partial charge in [-0.05, 0) is 51.8 Å². The first-order valence-corrected chi connectivity index (χ1v) is 11.4. The van der Waals surface area contributed by atoms with Crippen molar-refractivity contribution in [2.24, 2.45) is 0 Å². The number of H-pyrrole nitrogens is 1. The molecule has 2 N–H and O–H groups in total. The van der Waals surface area contributed by atoms with Gasteiger partial charge in [0.2, 0.25) is 0 Å². The molecule has 2 aromatic heterocycles. The molecule has 32 heavy (non-hydrogen) atoms. The number of fused-ring (bicyclic) bond motifs is 1. The highest BCUT2D eigenvalue weighted by molar-refractivity contribution is 8.00. The summed E-state index contributed by atoms with van der Waals surface area (Å²) in [7, 11) is 0. The number of nitrogens with one attached hydrogen (secondary N) is 1. The molecule has 0 aliphatic heterocycles. The topological polar surface area (TPSA) is 114 Å². The first-order chi connectivity index (χ1) is 15.3. The van der Waals surface area contributed by atoms with Crippen LogP contribution in [0.3, 0.4) is 0 Å². The van der Waals surface area contributed by atoms with E-state index < -0.39 is 11.2 Å². The lowest BCUT2D eigenvalue weighted by atomic mass is 10.1. The predicted molar refractivity (Wildman–Crippen MR) is 124 cm³/mol. The summed E-state index contributed by atoms with van der Waals surface area (Å²) >= 11 is 1.18. The maximum atomic E-state index is 13.2. The standard InChI is InChI=1S/C23H27N3O5S/c1-5-31-22(30)18-13(2)19(24-14(18)3)20(28)15(4)32-23-25-17-10-7-6-9-16(17)21(29)26(23)11-8-12-27/h6-7,9-10,15,24,27H,5,8,11-12H2,1-4H3. The first kappa shape index (κ1) is 23.7. The van der Waals surface area contributed by atoms with Crippen molar-refractivity contribution in [3.05, 3.63) is 57.1 Å². The molecular weight excluding hydrogens is 430 g/mol. The zero-order valence-electron chi connectivity index (χ0n) is 18.6. The van der Waals surface area contributed by atoms with Crippen LogP contribution in [-0.4, -0.2) is 49.9 Å². The van der Waals surface area contributed by atoms with Crippen LogP contribution in [-0.2, 0) is 11.3 Å². The van der Waals surface area contributed by atoms with Crippen LogP contribution < -0.4 is 5.56 Å². The summed E-state index contributed by atoms with van der Waals surface area (Å²) in [5, 5.41) is 9.57. The molecule has 8 nitrogen and oxygen atoms in total. The maximum absolute atomic E-state index is 13.2. The molecule has 0 bridgehead atoms. The van der Waals surface area contributed by atoms with Crippen molar-refractivity contribution in [2.75, 3.05) is 13.2 Å². The second-order valence-electron chi connectivity index (χ2n) is 7.42. The number of aliphatic hydroxyl groups excluding tert-OH is 1. The number of Topliss-reactive ketones (excluding diaryl/α,β-unsaturated/α-hetero) is 1. The Morgan fingerprint density at radius 3 is 2.69 bits per heavy atom. The summed E-state index contributed by atoms with van der Waals surface area (Å²) < 4.78 is 6.61. The van der Waals surface area contributed by atoms with E-state index in [0.717, 1.165) is 0 Å². The molecule has 0 amide bonds. The molecule has 170 valence electrons. The minimum atomic E-state index is -0.574. The number of aromatic amines is 1. The smallest absolute Gasteiger partial charge is 0.340 e. The van der Waals surface area contributed by atoms with Gasteiger partial charge in [-0.1, -0.05) is 23.9 Å². The predicted octanol–water partition coefficient (Wildman–Crippen LogP) is 3.26. The molecule has 2 heterocycles. The highest BCUT2D eigenvalue weighted by Gasteiger charge is 2.27. The number of benzene rings is 1. The quantitative estimate of drug-likeness (QED) is 0.219. The van der Waals surface area contributed by atoms with E-state index in [-0.39, 0.29) is 24.6 Å². The van der Waals surface area contributed by atoms with Crippen LogP contribution in [0.2, 0.25) is 0 Å². The molecule has 3 aromatic rings. The van der Waals surface area contributed by atoms with E-state index in [0.29, 0.717) is 51.5 Å². The molecular formula is C23H27N3O5S. The number of nitrogens with zero attached hydrogens (tertiary/aromatic N) is 2. The lowest BCUT2D eigenvalue weighted by Gasteiger charge is -2.15. The Kier molecular flexibility index (Phi) is 7.52. The summed E-state index contributed by atoms with van der Waals surface area (Å²) in [6, 6.07) is 7.05. The lowest BCUT2D eigenvalue weighted by Crippen LogP contribution is -2.25. The number of hydrogen-bond donors (Lipinski definition) is 2. The number of para-hydroxylation sites is 1. The van der Waals surface area contributed by atoms with E-state index in [4.69, 9.17) is 4.74 Å². The SMILES string of the molecule is CCOC(=O)c1c(C)[nH]c(C(=O)C(C)Sc2nc3ccccc3c(=O)n2CCCO)c1C. The van der Waals surface area contributed by atoms with E-state index in [9.17, 15) is 19.5 Å².